The van der Waals surface area contributed by atoms with Crippen LogP contribution in [-0.2, 0) is 11.4 Å². The van der Waals surface area contributed by atoms with Crippen LogP contribution >= 0.6 is 0 Å². The summed E-state index contributed by atoms with van der Waals surface area (Å²) in [5, 5.41) is 8.80. The molecule has 0 radical (unpaired) electrons. The van der Waals surface area contributed by atoms with Gasteiger partial charge in [-0.2, -0.15) is 5.10 Å². The van der Waals surface area contributed by atoms with E-state index in [0.29, 0.717) is 5.69 Å². The zero-order valence-corrected chi connectivity index (χ0v) is 11.8. The number of nitrogens with zero attached hydrogens (tertiary/aromatic N) is 1. The van der Waals surface area contributed by atoms with E-state index in [4.69, 9.17) is 10.5 Å². The second-order valence-electron chi connectivity index (χ2n) is 4.60. The minimum absolute atomic E-state index is 0.0204. The number of carbonyl (C=O) groups is 2. The highest BCUT2D eigenvalue weighted by molar-refractivity contribution is 5.95. The summed E-state index contributed by atoms with van der Waals surface area (Å²) in [4.78, 5) is 22.7. The average molecular weight is 306 g/mol. The van der Waals surface area contributed by atoms with Crippen LogP contribution in [0.5, 0.6) is 5.75 Å². The lowest BCUT2D eigenvalue weighted by atomic mass is 10.3. The third-order valence-corrected chi connectivity index (χ3v) is 2.86. The number of hydrogen-bond acceptors (Lipinski definition) is 4. The Balaban J connectivity index is 1.95. The molecule has 0 fully saturated rings. The third kappa shape index (κ3) is 3.81. The number of primary amides is 1. The second-order valence-corrected chi connectivity index (χ2v) is 4.60. The predicted octanol–water partition coefficient (Wildman–Crippen LogP) is 0.731. The summed E-state index contributed by atoms with van der Waals surface area (Å²) in [6.45, 7) is 1.49. The summed E-state index contributed by atoms with van der Waals surface area (Å²) in [5.74, 6) is -1.56. The first kappa shape index (κ1) is 15.5. The summed E-state index contributed by atoms with van der Waals surface area (Å²) in [7, 11) is 0. The molecule has 2 amide bonds. The van der Waals surface area contributed by atoms with E-state index in [2.05, 4.69) is 15.5 Å². The van der Waals surface area contributed by atoms with Gasteiger partial charge in [-0.1, -0.05) is 12.1 Å². The molecule has 22 heavy (non-hydrogen) atoms. The van der Waals surface area contributed by atoms with E-state index >= 15 is 0 Å². The van der Waals surface area contributed by atoms with Crippen LogP contribution in [0, 0.1) is 5.82 Å². The lowest BCUT2D eigenvalue weighted by molar-refractivity contribution is -0.119. The standard InChI is InChI=1S/C14H15FN4O3/c1-8(13(16)20)17-14(21)11-6-9(18-19-11)7-22-12-5-3-2-4-10(12)15/h2-6,8H,7H2,1H3,(H2,16,20)(H,17,21)(H,18,19)/t8-/m1/s1. The van der Waals surface area contributed by atoms with Crippen LogP contribution in [0.1, 0.15) is 23.1 Å². The third-order valence-electron chi connectivity index (χ3n) is 2.86. The molecule has 0 aliphatic rings. The molecule has 1 heterocycles. The molecule has 0 bridgehead atoms. The Morgan fingerprint density at radius 1 is 1.45 bits per heavy atom. The summed E-state index contributed by atoms with van der Waals surface area (Å²) in [5.41, 5.74) is 5.63. The Kier molecular flexibility index (Phi) is 4.72. The maximum atomic E-state index is 13.4. The molecule has 116 valence electrons. The molecular formula is C14H15FN4O3. The van der Waals surface area contributed by atoms with Gasteiger partial charge in [0.2, 0.25) is 5.91 Å². The number of hydrogen-bond donors (Lipinski definition) is 3. The lowest BCUT2D eigenvalue weighted by Crippen LogP contribution is -2.42. The number of aromatic amines is 1. The van der Waals surface area contributed by atoms with Gasteiger partial charge < -0.3 is 15.8 Å². The molecule has 1 atom stereocenters. The summed E-state index contributed by atoms with van der Waals surface area (Å²) in [6, 6.07) is 6.63. The van der Waals surface area contributed by atoms with Crippen LogP contribution in [0.2, 0.25) is 0 Å². The molecule has 0 aliphatic heterocycles. The van der Waals surface area contributed by atoms with Crippen molar-refractivity contribution < 1.29 is 18.7 Å². The van der Waals surface area contributed by atoms with Gasteiger partial charge in [0.25, 0.3) is 5.91 Å². The number of nitrogens with one attached hydrogen (secondary N) is 2. The molecular weight excluding hydrogens is 291 g/mol. The van der Waals surface area contributed by atoms with Crippen molar-refractivity contribution >= 4 is 11.8 Å². The highest BCUT2D eigenvalue weighted by Crippen LogP contribution is 2.16. The SMILES string of the molecule is C[C@@H](NC(=O)c1cc(COc2ccccc2F)[nH]n1)C(N)=O. The number of amides is 2. The van der Waals surface area contributed by atoms with Crippen molar-refractivity contribution in [2.45, 2.75) is 19.6 Å². The van der Waals surface area contributed by atoms with Crippen molar-refractivity contribution in [3.63, 3.8) is 0 Å². The molecule has 0 saturated carbocycles. The molecule has 2 aromatic rings. The molecule has 0 spiro atoms. The second kappa shape index (κ2) is 6.70. The monoisotopic (exact) mass is 306 g/mol. The van der Waals surface area contributed by atoms with Gasteiger partial charge in [-0.15, -0.1) is 0 Å². The quantitative estimate of drug-likeness (QED) is 0.730. The van der Waals surface area contributed by atoms with Crippen molar-refractivity contribution in [2.75, 3.05) is 0 Å². The first-order valence-corrected chi connectivity index (χ1v) is 6.49. The maximum absolute atomic E-state index is 13.4. The van der Waals surface area contributed by atoms with Gasteiger partial charge in [0.15, 0.2) is 11.6 Å². The molecule has 1 aromatic heterocycles. The topological polar surface area (TPSA) is 110 Å². The Morgan fingerprint density at radius 2 is 2.18 bits per heavy atom. The van der Waals surface area contributed by atoms with E-state index in [0.717, 1.165) is 0 Å². The number of halogens is 1. The van der Waals surface area contributed by atoms with Gasteiger partial charge in [0, 0.05) is 0 Å². The fraction of sp³-hybridized carbons (Fsp3) is 0.214. The predicted molar refractivity (Wildman–Crippen MR) is 75.4 cm³/mol. The van der Waals surface area contributed by atoms with E-state index in [-0.39, 0.29) is 18.1 Å². The van der Waals surface area contributed by atoms with Gasteiger partial charge in [0.05, 0.1) is 5.69 Å². The van der Waals surface area contributed by atoms with Crippen molar-refractivity contribution in [2.24, 2.45) is 5.73 Å². The Bertz CT molecular complexity index is 686. The molecule has 8 heteroatoms. The number of carbonyl (C=O) groups excluding carboxylic acids is 2. The first-order valence-electron chi connectivity index (χ1n) is 6.49. The van der Waals surface area contributed by atoms with Crippen LogP contribution in [0.25, 0.3) is 0 Å². The number of H-pyrrole nitrogens is 1. The van der Waals surface area contributed by atoms with Crippen LogP contribution in [0.4, 0.5) is 4.39 Å². The van der Waals surface area contributed by atoms with E-state index in [1.807, 2.05) is 0 Å². The number of para-hydroxylation sites is 1. The molecule has 7 nitrogen and oxygen atoms in total. The van der Waals surface area contributed by atoms with E-state index in [1.165, 1.54) is 25.1 Å². The largest absolute Gasteiger partial charge is 0.484 e. The average Bonchev–Trinajstić information content (AvgIpc) is 2.95. The van der Waals surface area contributed by atoms with E-state index in [9.17, 15) is 14.0 Å². The van der Waals surface area contributed by atoms with Gasteiger partial charge in [-0.3, -0.25) is 14.7 Å². The zero-order valence-electron chi connectivity index (χ0n) is 11.8. The lowest BCUT2D eigenvalue weighted by Gasteiger charge is -2.07. The van der Waals surface area contributed by atoms with Crippen molar-refractivity contribution in [1.29, 1.82) is 0 Å². The van der Waals surface area contributed by atoms with Crippen molar-refractivity contribution in [1.82, 2.24) is 15.5 Å². The van der Waals surface area contributed by atoms with E-state index in [1.54, 1.807) is 12.1 Å². The number of nitrogens with two attached hydrogens (primary N) is 1. The Morgan fingerprint density at radius 3 is 2.86 bits per heavy atom. The van der Waals surface area contributed by atoms with Crippen LogP contribution < -0.4 is 15.8 Å². The number of ether oxygens (including phenoxy) is 1. The zero-order chi connectivity index (χ0) is 16.1. The molecule has 4 N–H and O–H groups in total. The number of rotatable bonds is 6. The highest BCUT2D eigenvalue weighted by Gasteiger charge is 2.16. The minimum atomic E-state index is -0.803. The van der Waals surface area contributed by atoms with Gasteiger partial charge in [-0.25, -0.2) is 4.39 Å². The Hall–Kier alpha value is -2.90. The highest BCUT2D eigenvalue weighted by atomic mass is 19.1. The van der Waals surface area contributed by atoms with Crippen molar-refractivity contribution in [3.05, 3.63) is 47.5 Å². The summed E-state index contributed by atoms with van der Waals surface area (Å²) in [6.07, 6.45) is 0. The molecule has 1 aromatic carbocycles. The first-order chi connectivity index (χ1) is 10.5. The van der Waals surface area contributed by atoms with Gasteiger partial charge in [0.1, 0.15) is 18.3 Å². The van der Waals surface area contributed by atoms with Crippen LogP contribution in [0.15, 0.2) is 30.3 Å². The summed E-state index contributed by atoms with van der Waals surface area (Å²) < 4.78 is 18.7. The normalized spacial score (nSPS) is 11.7. The smallest absolute Gasteiger partial charge is 0.272 e. The molecule has 0 unspecified atom stereocenters. The van der Waals surface area contributed by atoms with Crippen molar-refractivity contribution in [3.8, 4) is 5.75 Å². The van der Waals surface area contributed by atoms with Gasteiger partial charge >= 0.3 is 0 Å². The van der Waals surface area contributed by atoms with Crippen LogP contribution in [0.3, 0.4) is 0 Å². The fourth-order valence-electron chi connectivity index (χ4n) is 1.61. The maximum Gasteiger partial charge on any atom is 0.272 e. The molecule has 0 aliphatic carbocycles. The summed E-state index contributed by atoms with van der Waals surface area (Å²) >= 11 is 0. The Labute approximate surface area is 125 Å². The minimum Gasteiger partial charge on any atom is -0.484 e. The number of benzene rings is 1. The van der Waals surface area contributed by atoms with Crippen LogP contribution in [-0.4, -0.2) is 28.1 Å². The fourth-order valence-corrected chi connectivity index (χ4v) is 1.61. The molecule has 0 saturated heterocycles. The number of aromatic nitrogens is 2. The van der Waals surface area contributed by atoms with Gasteiger partial charge in [-0.05, 0) is 25.1 Å². The molecule has 2 rings (SSSR count). The van der Waals surface area contributed by atoms with E-state index < -0.39 is 23.7 Å².